The Kier molecular flexibility index (Phi) is 12.5. The number of nitrogens with two attached hydrogens (primary N) is 1. The molecule has 0 aliphatic heterocycles. The molecule has 3 amide bonds. The quantitative estimate of drug-likeness (QED) is 0.103. The number of pyridine rings is 1. The van der Waals surface area contributed by atoms with Gasteiger partial charge in [0.15, 0.2) is 12.0 Å². The number of fused-ring (bicyclic) bond motifs is 1. The molecule has 5 aromatic rings. The molecular weight excluding hydrogens is 780 g/mol. The zero-order chi connectivity index (χ0) is 42.7. The molecule has 0 bridgehead atoms. The number of hydrogen-bond donors (Lipinski definition) is 2. The molecule has 304 valence electrons. The SMILES string of the molecule is CC.CN(C(=O)c1ccccc1C=O)c1cnc(C(Cc2cc(F)cc(F)c2)NC(=O)Cn2nc(C(F)(F)F)c3c2C(F)(F)CC3)c(-c2ccc(F)c(C(N)=O)c2)c1. The third-order valence-corrected chi connectivity index (χ3v) is 9.13. The summed E-state index contributed by atoms with van der Waals surface area (Å²) in [5, 5.41) is 5.80. The number of rotatable bonds is 11. The topological polar surface area (TPSA) is 140 Å². The van der Waals surface area contributed by atoms with Gasteiger partial charge >= 0.3 is 6.18 Å². The molecule has 0 spiro atoms. The van der Waals surface area contributed by atoms with Crippen LogP contribution in [-0.4, -0.2) is 45.8 Å². The van der Waals surface area contributed by atoms with Crippen LogP contribution < -0.4 is 16.0 Å². The Bertz CT molecular complexity index is 2380. The number of nitrogens with one attached hydrogen (secondary N) is 1. The van der Waals surface area contributed by atoms with Crippen LogP contribution in [-0.2, 0) is 36.3 Å². The third-order valence-electron chi connectivity index (χ3n) is 9.13. The lowest BCUT2D eigenvalue weighted by Crippen LogP contribution is -2.35. The first-order chi connectivity index (χ1) is 27.4. The fraction of sp³-hybridized carbons (Fsp3) is 0.250. The van der Waals surface area contributed by atoms with Crippen molar-refractivity contribution in [3.63, 3.8) is 0 Å². The molecule has 18 heteroatoms. The van der Waals surface area contributed by atoms with Crippen LogP contribution in [0.1, 0.15) is 85.6 Å². The van der Waals surface area contributed by atoms with Crippen LogP contribution in [0.3, 0.4) is 0 Å². The largest absolute Gasteiger partial charge is 0.435 e. The minimum atomic E-state index is -5.11. The normalized spacial score (nSPS) is 13.5. The third kappa shape index (κ3) is 8.90. The predicted molar refractivity (Wildman–Crippen MR) is 194 cm³/mol. The van der Waals surface area contributed by atoms with Crippen LogP contribution in [0.15, 0.2) is 72.9 Å². The molecule has 1 aliphatic carbocycles. The second-order valence-corrected chi connectivity index (χ2v) is 12.9. The number of alkyl halides is 5. The summed E-state index contributed by atoms with van der Waals surface area (Å²) < 4.78 is 115. The van der Waals surface area contributed by atoms with Crippen molar-refractivity contribution in [2.24, 2.45) is 5.73 Å². The summed E-state index contributed by atoms with van der Waals surface area (Å²) in [5.41, 5.74) is 1.34. The molecule has 58 heavy (non-hydrogen) atoms. The van der Waals surface area contributed by atoms with Gasteiger partial charge in [-0.15, -0.1) is 0 Å². The highest BCUT2D eigenvalue weighted by Gasteiger charge is 2.50. The highest BCUT2D eigenvalue weighted by Crippen LogP contribution is 2.46. The molecule has 1 aliphatic rings. The van der Waals surface area contributed by atoms with Gasteiger partial charge in [-0.2, -0.15) is 27.1 Å². The fourth-order valence-corrected chi connectivity index (χ4v) is 6.58. The summed E-state index contributed by atoms with van der Waals surface area (Å²) in [7, 11) is 1.34. The van der Waals surface area contributed by atoms with Gasteiger partial charge in [-0.3, -0.25) is 28.8 Å². The molecule has 3 N–H and O–H groups in total. The van der Waals surface area contributed by atoms with Crippen LogP contribution in [0.4, 0.5) is 40.8 Å². The zero-order valence-electron chi connectivity index (χ0n) is 30.9. The van der Waals surface area contributed by atoms with Gasteiger partial charge in [-0.1, -0.05) is 38.1 Å². The van der Waals surface area contributed by atoms with Crippen LogP contribution >= 0.6 is 0 Å². The van der Waals surface area contributed by atoms with Crippen LogP contribution in [0, 0.1) is 17.5 Å². The van der Waals surface area contributed by atoms with E-state index in [0.29, 0.717) is 12.4 Å². The van der Waals surface area contributed by atoms with E-state index in [1.54, 1.807) is 6.07 Å². The van der Waals surface area contributed by atoms with E-state index < -0.39 is 102 Å². The van der Waals surface area contributed by atoms with Crippen LogP contribution in [0.25, 0.3) is 11.1 Å². The van der Waals surface area contributed by atoms with Crippen molar-refractivity contribution >= 4 is 29.7 Å². The predicted octanol–water partition coefficient (Wildman–Crippen LogP) is 7.73. The Morgan fingerprint density at radius 1 is 0.983 bits per heavy atom. The maximum atomic E-state index is 14.9. The van der Waals surface area contributed by atoms with Crippen LogP contribution in [0.2, 0.25) is 0 Å². The van der Waals surface area contributed by atoms with E-state index in [-0.39, 0.29) is 43.9 Å². The first kappa shape index (κ1) is 42.7. The number of primary amides is 1. The summed E-state index contributed by atoms with van der Waals surface area (Å²) in [6, 6.07) is 11.3. The van der Waals surface area contributed by atoms with Crippen molar-refractivity contribution < 1.29 is 54.3 Å². The Morgan fingerprint density at radius 3 is 2.29 bits per heavy atom. The summed E-state index contributed by atoms with van der Waals surface area (Å²) in [5.74, 6) is -9.79. The number of nitrogens with zero attached hydrogens (tertiary/aromatic N) is 4. The first-order valence-electron chi connectivity index (χ1n) is 17.6. The standard InChI is InChI=1S/C38H28F8N6O4.C2H6/c1-51(36(56)25-5-3-2-4-21(25)18-53)24-15-27(20-6-7-29(41)28(13-20)35(47)55)32(48-16-24)30(12-19-10-22(39)14-23(40)11-19)49-31(54)17-52-34-26(8-9-37(34,42)43)33(50-52)38(44,45)46;1-2/h2-7,10-11,13-16,18,30H,8-9,12,17H2,1H3,(H2,47,55)(H,49,54);1-2H3. The number of halogens is 8. The monoisotopic (exact) mass is 814 g/mol. The minimum absolute atomic E-state index is 0.0102. The van der Waals surface area contributed by atoms with Gasteiger partial charge < -0.3 is 16.0 Å². The zero-order valence-corrected chi connectivity index (χ0v) is 30.9. The Labute approximate surface area is 325 Å². The van der Waals surface area contributed by atoms with Gasteiger partial charge in [-0.25, -0.2) is 13.2 Å². The highest BCUT2D eigenvalue weighted by molar-refractivity contribution is 6.10. The van der Waals surface area contributed by atoms with Crippen molar-refractivity contribution in [2.75, 3.05) is 11.9 Å². The van der Waals surface area contributed by atoms with Crippen molar-refractivity contribution in [3.8, 4) is 11.1 Å². The van der Waals surface area contributed by atoms with Crippen LogP contribution in [0.5, 0.6) is 0 Å². The molecule has 0 fully saturated rings. The second-order valence-electron chi connectivity index (χ2n) is 12.9. The lowest BCUT2D eigenvalue weighted by Gasteiger charge is -2.25. The molecule has 0 saturated carbocycles. The highest BCUT2D eigenvalue weighted by atomic mass is 19.4. The Hall–Kier alpha value is -6.46. The molecular formula is C40H34F8N6O4. The van der Waals surface area contributed by atoms with E-state index in [1.807, 2.05) is 13.8 Å². The van der Waals surface area contributed by atoms with Gasteiger partial charge in [0.05, 0.1) is 34.7 Å². The van der Waals surface area contributed by atoms with E-state index in [4.69, 9.17) is 5.73 Å². The number of carbonyl (C=O) groups is 4. The van der Waals surface area contributed by atoms with Crippen molar-refractivity contribution in [1.82, 2.24) is 20.1 Å². The summed E-state index contributed by atoms with van der Waals surface area (Å²) >= 11 is 0. The molecule has 6 rings (SSSR count). The van der Waals surface area contributed by atoms with E-state index in [0.717, 1.165) is 35.4 Å². The van der Waals surface area contributed by atoms with Gasteiger partial charge in [0, 0.05) is 36.2 Å². The molecule has 2 heterocycles. The van der Waals surface area contributed by atoms with Gasteiger partial charge in [0.1, 0.15) is 29.7 Å². The number of benzene rings is 3. The first-order valence-corrected chi connectivity index (χ1v) is 17.6. The second kappa shape index (κ2) is 17.0. The summed E-state index contributed by atoms with van der Waals surface area (Å²) in [6.07, 6.45) is -5.54. The molecule has 0 saturated heterocycles. The summed E-state index contributed by atoms with van der Waals surface area (Å²) in [6.45, 7) is 2.85. The molecule has 1 unspecified atom stereocenters. The molecule has 2 aromatic heterocycles. The average Bonchev–Trinajstić information content (AvgIpc) is 3.71. The van der Waals surface area contributed by atoms with E-state index >= 15 is 0 Å². The summed E-state index contributed by atoms with van der Waals surface area (Å²) in [4.78, 5) is 56.6. The maximum absolute atomic E-state index is 14.9. The minimum Gasteiger partial charge on any atom is -0.366 e. The lowest BCUT2D eigenvalue weighted by molar-refractivity contribution is -0.142. The Morgan fingerprint density at radius 2 is 1.66 bits per heavy atom. The van der Waals surface area contributed by atoms with E-state index in [9.17, 15) is 54.3 Å². The molecule has 1 atom stereocenters. The van der Waals surface area contributed by atoms with E-state index in [1.165, 1.54) is 37.4 Å². The smallest absolute Gasteiger partial charge is 0.366 e. The molecule has 0 radical (unpaired) electrons. The van der Waals surface area contributed by atoms with Gasteiger partial charge in [0.2, 0.25) is 5.91 Å². The lowest BCUT2D eigenvalue weighted by atomic mass is 9.93. The van der Waals surface area contributed by atoms with Gasteiger partial charge in [0.25, 0.3) is 17.7 Å². The van der Waals surface area contributed by atoms with E-state index in [2.05, 4.69) is 15.4 Å². The number of anilines is 1. The number of amides is 3. The van der Waals surface area contributed by atoms with Crippen molar-refractivity contribution in [2.45, 2.75) is 57.8 Å². The van der Waals surface area contributed by atoms with Crippen molar-refractivity contribution in [1.29, 1.82) is 0 Å². The van der Waals surface area contributed by atoms with Crippen molar-refractivity contribution in [3.05, 3.63) is 135 Å². The Balaban J connectivity index is 0.00000315. The molecule has 3 aromatic carbocycles. The van der Waals surface area contributed by atoms with Gasteiger partial charge in [-0.05, 0) is 60.4 Å². The fourth-order valence-electron chi connectivity index (χ4n) is 6.58. The molecule has 10 nitrogen and oxygen atoms in total. The average molecular weight is 815 g/mol. The number of aldehydes is 1. The number of carbonyl (C=O) groups excluding carboxylic acids is 4. The maximum Gasteiger partial charge on any atom is 0.435 e. The number of hydrogen-bond acceptors (Lipinski definition) is 6. The number of aromatic nitrogens is 3.